The first-order chi connectivity index (χ1) is 6.56. The molecule has 0 heterocycles. The van der Waals surface area contributed by atoms with Crippen LogP contribution in [0.1, 0.15) is 11.1 Å². The van der Waals surface area contributed by atoms with Crippen LogP contribution in [-0.4, -0.2) is 4.92 Å². The van der Waals surface area contributed by atoms with Gasteiger partial charge in [0, 0.05) is 5.56 Å². The molecule has 0 fully saturated rings. The Kier molecular flexibility index (Phi) is 2.77. The van der Waals surface area contributed by atoms with Gasteiger partial charge in [0.05, 0.1) is 23.5 Å². The first-order valence-corrected chi connectivity index (χ1v) is 3.86. The molecule has 1 aromatic carbocycles. The Bertz CT molecular complexity index is 424. The summed E-state index contributed by atoms with van der Waals surface area (Å²) in [5.74, 6) is -0.657. The topological polar surface area (TPSA) is 66.9 Å². The van der Waals surface area contributed by atoms with Gasteiger partial charge >= 0.3 is 0 Å². The zero-order valence-corrected chi connectivity index (χ0v) is 7.45. The molecular formula is C9H7FN2O2. The molecule has 0 N–H and O–H groups in total. The molecule has 0 spiro atoms. The van der Waals surface area contributed by atoms with Crippen molar-refractivity contribution in [2.24, 2.45) is 0 Å². The third-order valence-electron chi connectivity index (χ3n) is 1.87. The van der Waals surface area contributed by atoms with E-state index in [4.69, 9.17) is 5.26 Å². The molecule has 1 rings (SSSR count). The second-order valence-electron chi connectivity index (χ2n) is 2.81. The number of nitrogens with zero attached hydrogens (tertiary/aromatic N) is 2. The molecule has 0 bridgehead atoms. The van der Waals surface area contributed by atoms with Crippen molar-refractivity contribution < 1.29 is 9.31 Å². The lowest BCUT2D eigenvalue weighted by atomic mass is 10.0. The van der Waals surface area contributed by atoms with Crippen LogP contribution in [0.4, 0.5) is 10.1 Å². The van der Waals surface area contributed by atoms with Crippen LogP contribution in [-0.2, 0) is 6.42 Å². The summed E-state index contributed by atoms with van der Waals surface area (Å²) in [4.78, 5) is 9.85. The molecule has 4 nitrogen and oxygen atoms in total. The first-order valence-electron chi connectivity index (χ1n) is 3.86. The Morgan fingerprint density at radius 2 is 2.29 bits per heavy atom. The van der Waals surface area contributed by atoms with E-state index in [-0.39, 0.29) is 17.7 Å². The lowest BCUT2D eigenvalue weighted by molar-refractivity contribution is -0.385. The zero-order chi connectivity index (χ0) is 10.7. The van der Waals surface area contributed by atoms with Crippen LogP contribution in [0.5, 0.6) is 0 Å². The van der Waals surface area contributed by atoms with Gasteiger partial charge in [0.25, 0.3) is 5.69 Å². The molecule has 0 atom stereocenters. The summed E-state index contributed by atoms with van der Waals surface area (Å²) in [6.07, 6.45) is -0.0809. The lowest BCUT2D eigenvalue weighted by Gasteiger charge is -2.02. The molecule has 0 aromatic heterocycles. The summed E-state index contributed by atoms with van der Waals surface area (Å²) < 4.78 is 12.8. The SMILES string of the molecule is Cc1cc(F)cc([N+](=O)[O-])c1CC#N. The number of nitriles is 1. The maximum absolute atomic E-state index is 12.8. The molecule has 0 aliphatic heterocycles. The van der Waals surface area contributed by atoms with Crippen LogP contribution < -0.4 is 0 Å². The van der Waals surface area contributed by atoms with Crippen LogP contribution in [0.15, 0.2) is 12.1 Å². The minimum absolute atomic E-state index is 0.0809. The molecule has 0 radical (unpaired) electrons. The smallest absolute Gasteiger partial charge is 0.258 e. The third-order valence-corrected chi connectivity index (χ3v) is 1.87. The standard InChI is InChI=1S/C9H7FN2O2/c1-6-4-7(10)5-9(12(13)14)8(6)2-3-11/h4-5H,2H2,1H3. The van der Waals surface area contributed by atoms with Crippen molar-refractivity contribution in [3.05, 3.63) is 39.2 Å². The predicted octanol–water partition coefficient (Wildman–Crippen LogP) is 2.11. The summed E-state index contributed by atoms with van der Waals surface area (Å²) in [5.41, 5.74) is 0.376. The van der Waals surface area contributed by atoms with E-state index in [0.717, 1.165) is 6.07 Å². The number of benzene rings is 1. The van der Waals surface area contributed by atoms with Crippen LogP contribution in [0.25, 0.3) is 0 Å². The molecule has 0 amide bonds. The molecular weight excluding hydrogens is 187 g/mol. The van der Waals surface area contributed by atoms with Crippen molar-refractivity contribution in [1.82, 2.24) is 0 Å². The summed E-state index contributed by atoms with van der Waals surface area (Å²) >= 11 is 0. The Balaban J connectivity index is 3.38. The highest BCUT2D eigenvalue weighted by Gasteiger charge is 2.17. The van der Waals surface area contributed by atoms with Crippen molar-refractivity contribution in [2.75, 3.05) is 0 Å². The molecule has 0 aliphatic carbocycles. The fourth-order valence-electron chi connectivity index (χ4n) is 1.23. The Morgan fingerprint density at radius 1 is 1.64 bits per heavy atom. The predicted molar refractivity (Wildman–Crippen MR) is 47.1 cm³/mol. The van der Waals surface area contributed by atoms with Gasteiger partial charge in [-0.2, -0.15) is 5.26 Å². The highest BCUT2D eigenvalue weighted by molar-refractivity contribution is 5.46. The largest absolute Gasteiger partial charge is 0.276 e. The van der Waals surface area contributed by atoms with Gasteiger partial charge in [-0.25, -0.2) is 4.39 Å². The van der Waals surface area contributed by atoms with Crippen LogP contribution >= 0.6 is 0 Å². The van der Waals surface area contributed by atoms with E-state index in [1.54, 1.807) is 6.92 Å². The van der Waals surface area contributed by atoms with Gasteiger partial charge < -0.3 is 0 Å². The fourth-order valence-corrected chi connectivity index (χ4v) is 1.23. The summed E-state index contributed by atoms with van der Waals surface area (Å²) in [6.45, 7) is 1.54. The molecule has 0 unspecified atom stereocenters. The van der Waals surface area contributed by atoms with Gasteiger partial charge in [-0.15, -0.1) is 0 Å². The van der Waals surface area contributed by atoms with Crippen molar-refractivity contribution in [3.63, 3.8) is 0 Å². The minimum atomic E-state index is -0.678. The number of hydrogen-bond acceptors (Lipinski definition) is 3. The van der Waals surface area contributed by atoms with Gasteiger partial charge in [0.1, 0.15) is 5.82 Å². The third kappa shape index (κ3) is 1.85. The van der Waals surface area contributed by atoms with Gasteiger partial charge in [-0.3, -0.25) is 10.1 Å². The van der Waals surface area contributed by atoms with Crippen molar-refractivity contribution in [2.45, 2.75) is 13.3 Å². The average molecular weight is 194 g/mol. The van der Waals surface area contributed by atoms with E-state index >= 15 is 0 Å². The maximum Gasteiger partial charge on any atom is 0.276 e. The van der Waals surface area contributed by atoms with Crippen molar-refractivity contribution >= 4 is 5.69 Å². The second-order valence-corrected chi connectivity index (χ2v) is 2.81. The van der Waals surface area contributed by atoms with Crippen LogP contribution in [0.2, 0.25) is 0 Å². The van der Waals surface area contributed by atoms with Crippen molar-refractivity contribution in [3.8, 4) is 6.07 Å². The van der Waals surface area contributed by atoms with Crippen LogP contribution in [0.3, 0.4) is 0 Å². The van der Waals surface area contributed by atoms with Gasteiger partial charge in [-0.05, 0) is 18.6 Å². The van der Waals surface area contributed by atoms with Gasteiger partial charge in [-0.1, -0.05) is 0 Å². The van der Waals surface area contributed by atoms with E-state index in [2.05, 4.69) is 0 Å². The molecule has 0 saturated carbocycles. The average Bonchev–Trinajstić information content (AvgIpc) is 2.09. The van der Waals surface area contributed by atoms with E-state index < -0.39 is 10.7 Å². The number of rotatable bonds is 2. The highest BCUT2D eigenvalue weighted by Crippen LogP contribution is 2.23. The Morgan fingerprint density at radius 3 is 2.79 bits per heavy atom. The maximum atomic E-state index is 12.8. The molecule has 72 valence electrons. The van der Waals surface area contributed by atoms with E-state index in [9.17, 15) is 14.5 Å². The van der Waals surface area contributed by atoms with Gasteiger partial charge in [0.2, 0.25) is 0 Å². The normalized spacial score (nSPS) is 9.50. The lowest BCUT2D eigenvalue weighted by Crippen LogP contribution is -1.98. The highest BCUT2D eigenvalue weighted by atomic mass is 19.1. The number of halogens is 1. The fraction of sp³-hybridized carbons (Fsp3) is 0.222. The monoisotopic (exact) mass is 194 g/mol. The number of nitro groups is 1. The molecule has 0 aliphatic rings. The Hall–Kier alpha value is -1.96. The summed E-state index contributed by atoms with van der Waals surface area (Å²) in [6, 6.07) is 3.83. The van der Waals surface area contributed by atoms with E-state index in [1.165, 1.54) is 6.07 Å². The van der Waals surface area contributed by atoms with E-state index in [0.29, 0.717) is 5.56 Å². The quantitative estimate of drug-likeness (QED) is 0.534. The van der Waals surface area contributed by atoms with E-state index in [1.807, 2.05) is 6.07 Å². The minimum Gasteiger partial charge on any atom is -0.258 e. The molecule has 5 heteroatoms. The van der Waals surface area contributed by atoms with Gasteiger partial charge in [0.15, 0.2) is 0 Å². The number of aryl methyl sites for hydroxylation is 1. The second kappa shape index (κ2) is 3.83. The zero-order valence-electron chi connectivity index (χ0n) is 7.45. The Labute approximate surface area is 79.7 Å². The number of hydrogen-bond donors (Lipinski definition) is 0. The summed E-state index contributed by atoms with van der Waals surface area (Å²) in [5, 5.41) is 19.0. The number of nitro benzene ring substituents is 1. The molecule has 0 saturated heterocycles. The molecule has 14 heavy (non-hydrogen) atoms. The van der Waals surface area contributed by atoms with Crippen molar-refractivity contribution in [1.29, 1.82) is 5.26 Å². The summed E-state index contributed by atoms with van der Waals surface area (Å²) in [7, 11) is 0. The molecule has 1 aromatic rings. The first kappa shape index (κ1) is 10.1. The van der Waals surface area contributed by atoms with Crippen LogP contribution in [0, 0.1) is 34.2 Å².